The van der Waals surface area contributed by atoms with Crippen molar-refractivity contribution < 1.29 is 18.3 Å². The van der Waals surface area contributed by atoms with Crippen LogP contribution in [0.2, 0.25) is 5.02 Å². The predicted molar refractivity (Wildman–Crippen MR) is 96.9 cm³/mol. The van der Waals surface area contributed by atoms with Crippen molar-refractivity contribution in [2.24, 2.45) is 0 Å². The molecule has 0 atom stereocenters. The minimum absolute atomic E-state index is 0.0541. The predicted octanol–water partition coefficient (Wildman–Crippen LogP) is 3.92. The molecular weight excluding hydrogens is 362 g/mol. The van der Waals surface area contributed by atoms with E-state index in [4.69, 9.17) is 16.3 Å². The third-order valence-electron chi connectivity index (χ3n) is 3.30. The lowest BCUT2D eigenvalue weighted by molar-refractivity contribution is 0.318. The monoisotopic (exact) mass is 377 g/mol. The molecular formula is C18H16ClNO4S. The average molecular weight is 378 g/mol. The highest BCUT2D eigenvalue weighted by atomic mass is 35.5. The highest BCUT2D eigenvalue weighted by Gasteiger charge is 2.19. The number of hydrogen-bond donors (Lipinski definition) is 1. The molecule has 0 saturated carbocycles. The van der Waals surface area contributed by atoms with E-state index in [1.165, 1.54) is 24.3 Å². The molecule has 0 heterocycles. The zero-order valence-corrected chi connectivity index (χ0v) is 15.0. The number of rotatable bonds is 6. The zero-order valence-electron chi connectivity index (χ0n) is 13.4. The molecule has 0 radical (unpaired) electrons. The normalized spacial score (nSPS) is 11.8. The van der Waals surface area contributed by atoms with E-state index < -0.39 is 9.84 Å². The molecule has 0 aliphatic heterocycles. The Hall–Kier alpha value is -2.49. The molecule has 2 aromatic rings. The molecule has 0 spiro atoms. The van der Waals surface area contributed by atoms with Gasteiger partial charge in [0.1, 0.15) is 11.0 Å². The van der Waals surface area contributed by atoms with Gasteiger partial charge in [-0.15, -0.1) is 0 Å². The van der Waals surface area contributed by atoms with Crippen molar-refractivity contribution in [2.75, 3.05) is 6.61 Å². The summed E-state index contributed by atoms with van der Waals surface area (Å²) in [5.41, 5.74) is 0.976. The highest BCUT2D eigenvalue weighted by molar-refractivity contribution is 7.95. The third-order valence-corrected chi connectivity index (χ3v) is 5.14. The number of benzene rings is 2. The second-order valence-electron chi connectivity index (χ2n) is 5.17. The van der Waals surface area contributed by atoms with Crippen molar-refractivity contribution in [1.29, 1.82) is 5.26 Å². The fourth-order valence-corrected chi connectivity index (χ4v) is 3.48. The first-order chi connectivity index (χ1) is 11.9. The number of halogens is 1. The van der Waals surface area contributed by atoms with Crippen LogP contribution in [0.15, 0.2) is 47.4 Å². The van der Waals surface area contributed by atoms with Crippen LogP contribution in [0.3, 0.4) is 0 Å². The van der Waals surface area contributed by atoms with E-state index in [-0.39, 0.29) is 22.2 Å². The van der Waals surface area contributed by atoms with Gasteiger partial charge >= 0.3 is 0 Å². The number of allylic oxidation sites excluding steroid dienone is 1. The molecule has 0 bridgehead atoms. The van der Waals surface area contributed by atoms with Gasteiger partial charge in [0.05, 0.1) is 12.4 Å². The highest BCUT2D eigenvalue weighted by Crippen LogP contribution is 2.28. The van der Waals surface area contributed by atoms with Crippen LogP contribution < -0.4 is 4.74 Å². The molecule has 5 nitrogen and oxygen atoms in total. The number of phenolic OH excluding ortho intramolecular Hbond substituents is 1. The minimum Gasteiger partial charge on any atom is -0.504 e. The molecule has 0 amide bonds. The Bertz CT molecular complexity index is 929. The fourth-order valence-electron chi connectivity index (χ4n) is 2.11. The van der Waals surface area contributed by atoms with Crippen molar-refractivity contribution in [3.63, 3.8) is 0 Å². The molecule has 2 rings (SSSR count). The molecule has 130 valence electrons. The van der Waals surface area contributed by atoms with E-state index in [1.807, 2.05) is 0 Å². The second kappa shape index (κ2) is 8.06. The summed E-state index contributed by atoms with van der Waals surface area (Å²) >= 11 is 5.79. The molecule has 25 heavy (non-hydrogen) atoms. The first-order valence-corrected chi connectivity index (χ1v) is 9.43. The maximum atomic E-state index is 12.5. The van der Waals surface area contributed by atoms with Gasteiger partial charge in [-0.2, -0.15) is 5.26 Å². The number of nitrogens with zero attached hydrogens (tertiary/aromatic N) is 1. The van der Waals surface area contributed by atoms with Crippen molar-refractivity contribution >= 4 is 27.5 Å². The zero-order chi connectivity index (χ0) is 18.4. The van der Waals surface area contributed by atoms with Crippen LogP contribution in [0, 0.1) is 11.3 Å². The summed E-state index contributed by atoms with van der Waals surface area (Å²) in [6.07, 6.45) is 1.26. The van der Waals surface area contributed by atoms with Crippen molar-refractivity contribution in [2.45, 2.75) is 12.7 Å². The summed E-state index contributed by atoms with van der Waals surface area (Å²) in [5.74, 6) is -0.134. The number of phenols is 1. The number of aromatic hydroxyl groups is 1. The Morgan fingerprint density at radius 1 is 1.28 bits per heavy atom. The summed E-state index contributed by atoms with van der Waals surface area (Å²) in [4.78, 5) is -0.365. The molecule has 2 aromatic carbocycles. The Morgan fingerprint density at radius 3 is 2.56 bits per heavy atom. The molecule has 7 heteroatoms. The van der Waals surface area contributed by atoms with Crippen molar-refractivity contribution in [3.8, 4) is 17.6 Å². The Labute approximate surface area is 151 Å². The molecule has 0 fully saturated rings. The van der Waals surface area contributed by atoms with Crippen LogP contribution in [0.4, 0.5) is 0 Å². The van der Waals surface area contributed by atoms with Crippen LogP contribution in [-0.2, 0) is 15.6 Å². The molecule has 0 saturated heterocycles. The topological polar surface area (TPSA) is 87.4 Å². The molecule has 0 aliphatic carbocycles. The van der Waals surface area contributed by atoms with Gasteiger partial charge < -0.3 is 9.84 Å². The third kappa shape index (κ3) is 4.99. The molecule has 0 aromatic heterocycles. The maximum Gasteiger partial charge on any atom is 0.192 e. The van der Waals surface area contributed by atoms with Crippen LogP contribution in [0.1, 0.15) is 18.1 Å². The van der Waals surface area contributed by atoms with E-state index in [0.717, 1.165) is 0 Å². The van der Waals surface area contributed by atoms with Gasteiger partial charge in [0, 0.05) is 5.02 Å². The average Bonchev–Trinajstić information content (AvgIpc) is 2.57. The number of ether oxygens (including phenoxy) is 1. The standard InChI is InChI=1S/C18H16ClNO4S/c1-2-24-18-10-14(5-8-17(18)21)9-16(11-20)25(22,23)12-13-3-6-15(19)7-4-13/h3-10,21H,2,12H2,1H3/b16-9+. The summed E-state index contributed by atoms with van der Waals surface area (Å²) in [6, 6.07) is 12.5. The first kappa shape index (κ1) is 18.8. The Balaban J connectivity index is 2.34. The number of sulfone groups is 1. The number of nitriles is 1. The van der Waals surface area contributed by atoms with E-state index in [1.54, 1.807) is 37.3 Å². The number of hydrogen-bond acceptors (Lipinski definition) is 5. The first-order valence-electron chi connectivity index (χ1n) is 7.40. The van der Waals surface area contributed by atoms with Gasteiger partial charge in [-0.25, -0.2) is 8.42 Å². The van der Waals surface area contributed by atoms with Gasteiger partial charge in [-0.3, -0.25) is 0 Å². The molecule has 0 aliphatic rings. The molecule has 1 N–H and O–H groups in total. The van der Waals surface area contributed by atoms with Crippen LogP contribution in [0.25, 0.3) is 6.08 Å². The lowest BCUT2D eigenvalue weighted by Gasteiger charge is -2.07. The van der Waals surface area contributed by atoms with E-state index in [9.17, 15) is 18.8 Å². The molecule has 0 unspecified atom stereocenters. The van der Waals surface area contributed by atoms with E-state index in [0.29, 0.717) is 22.8 Å². The van der Waals surface area contributed by atoms with Gasteiger partial charge in [-0.1, -0.05) is 29.8 Å². The van der Waals surface area contributed by atoms with Crippen LogP contribution in [0.5, 0.6) is 11.5 Å². The lowest BCUT2D eigenvalue weighted by atomic mass is 10.2. The summed E-state index contributed by atoms with van der Waals surface area (Å²) in [6.45, 7) is 2.11. The van der Waals surface area contributed by atoms with Crippen LogP contribution >= 0.6 is 11.6 Å². The van der Waals surface area contributed by atoms with Crippen LogP contribution in [-0.4, -0.2) is 20.1 Å². The largest absolute Gasteiger partial charge is 0.504 e. The Kier molecular flexibility index (Phi) is 6.07. The van der Waals surface area contributed by atoms with Gasteiger partial charge in [0.2, 0.25) is 0 Å². The van der Waals surface area contributed by atoms with Crippen molar-refractivity contribution in [3.05, 3.63) is 63.5 Å². The minimum atomic E-state index is -3.82. The smallest absolute Gasteiger partial charge is 0.192 e. The summed E-state index contributed by atoms with van der Waals surface area (Å²) in [7, 11) is -3.82. The Morgan fingerprint density at radius 2 is 1.96 bits per heavy atom. The second-order valence-corrected chi connectivity index (χ2v) is 7.56. The summed E-state index contributed by atoms with van der Waals surface area (Å²) in [5, 5.41) is 19.5. The summed E-state index contributed by atoms with van der Waals surface area (Å²) < 4.78 is 30.2. The van der Waals surface area contributed by atoms with Gasteiger partial charge in [0.25, 0.3) is 0 Å². The maximum absolute atomic E-state index is 12.5. The SMILES string of the molecule is CCOc1cc(/C=C(\C#N)S(=O)(=O)Cc2ccc(Cl)cc2)ccc1O. The van der Waals surface area contributed by atoms with Crippen molar-refractivity contribution in [1.82, 2.24) is 0 Å². The van der Waals surface area contributed by atoms with Gasteiger partial charge in [0.15, 0.2) is 21.3 Å². The van der Waals surface area contributed by atoms with E-state index >= 15 is 0 Å². The quantitative estimate of drug-likeness (QED) is 0.771. The lowest BCUT2D eigenvalue weighted by Crippen LogP contribution is -2.06. The van der Waals surface area contributed by atoms with Gasteiger partial charge in [-0.05, 0) is 48.4 Å². The van der Waals surface area contributed by atoms with E-state index in [2.05, 4.69) is 0 Å². The fraction of sp³-hybridized carbons (Fsp3) is 0.167.